The molecular weight excluding hydrogens is 234 g/mol. The molecule has 0 spiro atoms. The predicted molar refractivity (Wildman–Crippen MR) is 80.1 cm³/mol. The van der Waals surface area contributed by atoms with Gasteiger partial charge >= 0.3 is 0 Å². The van der Waals surface area contributed by atoms with Crippen molar-refractivity contribution in [1.29, 1.82) is 0 Å². The second-order valence-electron chi connectivity index (χ2n) is 6.13. The predicted octanol–water partition coefficient (Wildman–Crippen LogP) is 3.45. The van der Waals surface area contributed by atoms with Gasteiger partial charge in [-0.1, -0.05) is 63.4 Å². The summed E-state index contributed by atoms with van der Waals surface area (Å²) < 4.78 is 0. The Kier molecular flexibility index (Phi) is 5.00. The lowest BCUT2D eigenvalue weighted by Crippen LogP contribution is -2.54. The summed E-state index contributed by atoms with van der Waals surface area (Å²) in [7, 11) is 0. The van der Waals surface area contributed by atoms with E-state index in [0.717, 1.165) is 0 Å². The van der Waals surface area contributed by atoms with Gasteiger partial charge in [0, 0.05) is 6.04 Å². The van der Waals surface area contributed by atoms with Gasteiger partial charge in [0.2, 0.25) is 0 Å². The minimum atomic E-state index is -0.302. The summed E-state index contributed by atoms with van der Waals surface area (Å²) >= 11 is 0. The lowest BCUT2D eigenvalue weighted by atomic mass is 9.78. The lowest BCUT2D eigenvalue weighted by molar-refractivity contribution is 0.0954. The van der Waals surface area contributed by atoms with Crippen molar-refractivity contribution in [2.45, 2.75) is 57.5 Å². The Bertz CT molecular complexity index is 370. The SMILES string of the molecule is CC(C)C(CO)(NC1CCCCC1)c1ccccc1. The van der Waals surface area contributed by atoms with Crippen LogP contribution in [0.2, 0.25) is 0 Å². The van der Waals surface area contributed by atoms with Crippen LogP contribution in [0.1, 0.15) is 51.5 Å². The molecule has 19 heavy (non-hydrogen) atoms. The third-order valence-corrected chi connectivity index (χ3v) is 4.59. The third-order valence-electron chi connectivity index (χ3n) is 4.59. The van der Waals surface area contributed by atoms with Crippen molar-refractivity contribution in [3.05, 3.63) is 35.9 Å². The molecule has 106 valence electrons. The first-order chi connectivity index (χ1) is 9.19. The zero-order valence-electron chi connectivity index (χ0n) is 12.2. The summed E-state index contributed by atoms with van der Waals surface area (Å²) in [5.41, 5.74) is 0.904. The molecule has 1 unspecified atom stereocenters. The fourth-order valence-corrected chi connectivity index (χ4v) is 3.25. The second-order valence-corrected chi connectivity index (χ2v) is 6.13. The van der Waals surface area contributed by atoms with E-state index in [1.54, 1.807) is 0 Å². The molecular formula is C17H27NO. The molecule has 1 saturated carbocycles. The van der Waals surface area contributed by atoms with E-state index >= 15 is 0 Å². The Hall–Kier alpha value is -0.860. The van der Waals surface area contributed by atoms with Gasteiger partial charge < -0.3 is 10.4 Å². The molecule has 0 aromatic heterocycles. The molecule has 1 aromatic rings. The highest BCUT2D eigenvalue weighted by Crippen LogP contribution is 2.32. The lowest BCUT2D eigenvalue weighted by Gasteiger charge is -2.42. The van der Waals surface area contributed by atoms with Gasteiger partial charge in [-0.15, -0.1) is 0 Å². The Morgan fingerprint density at radius 1 is 1.16 bits per heavy atom. The van der Waals surface area contributed by atoms with Crippen LogP contribution >= 0.6 is 0 Å². The van der Waals surface area contributed by atoms with E-state index in [-0.39, 0.29) is 12.1 Å². The van der Waals surface area contributed by atoms with Gasteiger partial charge in [-0.05, 0) is 24.3 Å². The maximum Gasteiger partial charge on any atom is 0.0694 e. The van der Waals surface area contributed by atoms with E-state index in [4.69, 9.17) is 0 Å². The highest BCUT2D eigenvalue weighted by Gasteiger charge is 2.37. The average Bonchev–Trinajstić information content (AvgIpc) is 2.46. The van der Waals surface area contributed by atoms with Crippen LogP contribution in [0.3, 0.4) is 0 Å². The van der Waals surface area contributed by atoms with Gasteiger partial charge in [0.1, 0.15) is 0 Å². The van der Waals surface area contributed by atoms with E-state index < -0.39 is 0 Å². The molecule has 0 radical (unpaired) electrons. The summed E-state index contributed by atoms with van der Waals surface area (Å²) in [6, 6.07) is 11.0. The molecule has 0 amide bonds. The molecule has 2 heteroatoms. The van der Waals surface area contributed by atoms with Crippen molar-refractivity contribution in [2.75, 3.05) is 6.61 Å². The van der Waals surface area contributed by atoms with Crippen molar-refractivity contribution in [3.8, 4) is 0 Å². The highest BCUT2D eigenvalue weighted by molar-refractivity contribution is 5.26. The van der Waals surface area contributed by atoms with Crippen LogP contribution < -0.4 is 5.32 Å². The molecule has 1 aliphatic rings. The number of nitrogens with one attached hydrogen (secondary N) is 1. The zero-order chi connectivity index (χ0) is 13.7. The monoisotopic (exact) mass is 261 g/mol. The number of aliphatic hydroxyl groups excluding tert-OH is 1. The first-order valence-corrected chi connectivity index (χ1v) is 7.63. The average molecular weight is 261 g/mol. The molecule has 0 saturated heterocycles. The van der Waals surface area contributed by atoms with E-state index in [1.165, 1.54) is 37.7 Å². The van der Waals surface area contributed by atoms with Crippen LogP contribution in [0.15, 0.2) is 30.3 Å². The van der Waals surface area contributed by atoms with Crippen LogP contribution in [0.4, 0.5) is 0 Å². The molecule has 1 atom stereocenters. The van der Waals surface area contributed by atoms with Crippen LogP contribution in [0.25, 0.3) is 0 Å². The topological polar surface area (TPSA) is 32.3 Å². The minimum Gasteiger partial charge on any atom is -0.394 e. The van der Waals surface area contributed by atoms with E-state index in [2.05, 4.69) is 43.4 Å². The first kappa shape index (κ1) is 14.5. The number of hydrogen-bond acceptors (Lipinski definition) is 2. The van der Waals surface area contributed by atoms with Crippen molar-refractivity contribution in [1.82, 2.24) is 5.32 Å². The molecule has 1 aromatic carbocycles. The van der Waals surface area contributed by atoms with Gasteiger partial charge in [-0.3, -0.25) is 0 Å². The second kappa shape index (κ2) is 6.53. The Morgan fingerprint density at radius 2 is 1.79 bits per heavy atom. The maximum absolute atomic E-state index is 10.1. The number of hydrogen-bond donors (Lipinski definition) is 2. The van der Waals surface area contributed by atoms with Crippen molar-refractivity contribution in [3.63, 3.8) is 0 Å². The molecule has 0 heterocycles. The van der Waals surface area contributed by atoms with Gasteiger partial charge in [0.15, 0.2) is 0 Å². The van der Waals surface area contributed by atoms with Gasteiger partial charge in [-0.2, -0.15) is 0 Å². The minimum absolute atomic E-state index is 0.158. The molecule has 1 fully saturated rings. The fraction of sp³-hybridized carbons (Fsp3) is 0.647. The zero-order valence-corrected chi connectivity index (χ0v) is 12.2. The summed E-state index contributed by atoms with van der Waals surface area (Å²) in [4.78, 5) is 0. The summed E-state index contributed by atoms with van der Waals surface area (Å²) in [6.07, 6.45) is 6.46. The largest absolute Gasteiger partial charge is 0.394 e. The number of rotatable bonds is 5. The maximum atomic E-state index is 10.1. The number of benzene rings is 1. The summed E-state index contributed by atoms with van der Waals surface area (Å²) in [5.74, 6) is 0.363. The van der Waals surface area contributed by atoms with Gasteiger partial charge in [-0.25, -0.2) is 0 Å². The molecule has 2 rings (SSSR count). The van der Waals surface area contributed by atoms with E-state index in [0.29, 0.717) is 12.0 Å². The molecule has 2 nitrogen and oxygen atoms in total. The molecule has 2 N–H and O–H groups in total. The fourth-order valence-electron chi connectivity index (χ4n) is 3.25. The normalized spacial score (nSPS) is 20.4. The highest BCUT2D eigenvalue weighted by atomic mass is 16.3. The standard InChI is InChI=1S/C17H27NO/c1-14(2)17(13-19,15-9-5-3-6-10-15)18-16-11-7-4-8-12-16/h3,5-6,9-10,14,16,18-19H,4,7-8,11-13H2,1-2H3. The van der Waals surface area contributed by atoms with Crippen molar-refractivity contribution < 1.29 is 5.11 Å². The third kappa shape index (κ3) is 3.18. The smallest absolute Gasteiger partial charge is 0.0694 e. The Labute approximate surface area is 117 Å². The van der Waals surface area contributed by atoms with E-state index in [9.17, 15) is 5.11 Å². The molecule has 0 aliphatic heterocycles. The molecule has 0 bridgehead atoms. The van der Waals surface area contributed by atoms with E-state index in [1.807, 2.05) is 6.07 Å². The quantitative estimate of drug-likeness (QED) is 0.851. The Morgan fingerprint density at radius 3 is 2.32 bits per heavy atom. The van der Waals surface area contributed by atoms with Crippen LogP contribution in [-0.4, -0.2) is 17.8 Å². The van der Waals surface area contributed by atoms with Gasteiger partial charge in [0.05, 0.1) is 12.1 Å². The first-order valence-electron chi connectivity index (χ1n) is 7.63. The number of aliphatic hydroxyl groups is 1. The summed E-state index contributed by atoms with van der Waals surface area (Å²) in [5, 5.41) is 13.9. The summed E-state index contributed by atoms with van der Waals surface area (Å²) in [6.45, 7) is 4.54. The van der Waals surface area contributed by atoms with Crippen LogP contribution in [0.5, 0.6) is 0 Å². The van der Waals surface area contributed by atoms with Crippen LogP contribution in [0, 0.1) is 5.92 Å². The van der Waals surface area contributed by atoms with Gasteiger partial charge in [0.25, 0.3) is 0 Å². The van der Waals surface area contributed by atoms with Crippen LogP contribution in [-0.2, 0) is 5.54 Å². The Balaban J connectivity index is 2.23. The van der Waals surface area contributed by atoms with Crippen molar-refractivity contribution >= 4 is 0 Å². The molecule has 1 aliphatic carbocycles. The van der Waals surface area contributed by atoms with Crippen molar-refractivity contribution in [2.24, 2.45) is 5.92 Å².